The first kappa shape index (κ1) is 48.2. The molecule has 374 valence electrons. The SMILES string of the molecule is COc1cc2c(cc1OCc1cc(COc3cc4c(cc3C)C(=O)N3c5ccccc5C[C@H]3C=N4)cc(OCCCSC3CC(=O)C(CC4CCC(C(C)=O)CC4)C3=O)c1)N=C[C@@H]1Cc3ccccc3N1C2=O. The van der Waals surface area contributed by atoms with Crippen molar-refractivity contribution in [3.8, 4) is 23.0 Å². The minimum atomic E-state index is -0.532. The summed E-state index contributed by atoms with van der Waals surface area (Å²) in [5.74, 6) is 2.67. The van der Waals surface area contributed by atoms with Crippen LogP contribution in [0, 0.1) is 24.7 Å². The third-order valence-corrected chi connectivity index (χ3v) is 16.7. The summed E-state index contributed by atoms with van der Waals surface area (Å²) in [4.78, 5) is 79.7. The van der Waals surface area contributed by atoms with E-state index >= 15 is 0 Å². The second kappa shape index (κ2) is 20.5. The van der Waals surface area contributed by atoms with E-state index in [4.69, 9.17) is 28.9 Å². The normalized spacial score (nSPS) is 22.5. The zero-order chi connectivity index (χ0) is 50.3. The van der Waals surface area contributed by atoms with E-state index in [2.05, 4.69) is 6.07 Å². The number of methoxy groups -OCH3 is 1. The van der Waals surface area contributed by atoms with Crippen LogP contribution in [-0.4, -0.2) is 78.4 Å². The Bertz CT molecular complexity index is 3110. The number of ketones is 3. The molecule has 14 heteroatoms. The third kappa shape index (κ3) is 9.69. The maximum Gasteiger partial charge on any atom is 0.261 e. The maximum absolute atomic E-state index is 14.1. The number of aliphatic imine (C=N–C) groups is 2. The van der Waals surface area contributed by atoms with Crippen molar-refractivity contribution in [1.82, 2.24) is 0 Å². The van der Waals surface area contributed by atoms with E-state index in [9.17, 15) is 24.0 Å². The van der Waals surface area contributed by atoms with Crippen LogP contribution in [0.25, 0.3) is 0 Å². The molecule has 6 aliphatic rings. The molecule has 2 amide bonds. The molecule has 0 bridgehead atoms. The zero-order valence-electron chi connectivity index (χ0n) is 41.3. The fourth-order valence-electron chi connectivity index (χ4n) is 11.5. The number of anilines is 2. The number of para-hydroxylation sites is 2. The highest BCUT2D eigenvalue weighted by atomic mass is 32.2. The van der Waals surface area contributed by atoms with Gasteiger partial charge in [-0.3, -0.25) is 43.8 Å². The van der Waals surface area contributed by atoms with Crippen molar-refractivity contribution < 1.29 is 42.9 Å². The van der Waals surface area contributed by atoms with Crippen LogP contribution in [-0.2, 0) is 40.4 Å². The van der Waals surface area contributed by atoms with Crippen molar-refractivity contribution in [2.24, 2.45) is 27.7 Å². The number of carbonyl (C=O) groups excluding carboxylic acids is 5. The Morgan fingerprint density at radius 3 is 1.89 bits per heavy atom. The first-order valence-electron chi connectivity index (χ1n) is 25.5. The van der Waals surface area contributed by atoms with Gasteiger partial charge in [-0.1, -0.05) is 36.4 Å². The van der Waals surface area contributed by atoms with E-state index in [1.54, 1.807) is 31.1 Å². The van der Waals surface area contributed by atoms with Crippen molar-refractivity contribution in [3.63, 3.8) is 0 Å². The number of rotatable bonds is 16. The van der Waals surface area contributed by atoms with E-state index < -0.39 is 5.92 Å². The number of carbonyl (C=O) groups is 5. The molecule has 0 radical (unpaired) electrons. The quantitative estimate of drug-likeness (QED) is 0.0689. The minimum absolute atomic E-state index is 0.0474. The van der Waals surface area contributed by atoms with E-state index in [1.807, 2.05) is 97.0 Å². The summed E-state index contributed by atoms with van der Waals surface area (Å²) in [5, 5.41) is -0.341. The molecular weight excluding hydrogens is 941 g/mol. The van der Waals surface area contributed by atoms with Crippen molar-refractivity contribution in [1.29, 1.82) is 0 Å². The van der Waals surface area contributed by atoms with E-state index in [0.29, 0.717) is 89.5 Å². The smallest absolute Gasteiger partial charge is 0.261 e. The molecule has 2 aliphatic carbocycles. The Kier molecular flexibility index (Phi) is 13.5. The van der Waals surface area contributed by atoms with Crippen molar-refractivity contribution in [2.75, 3.05) is 29.3 Å². The van der Waals surface area contributed by atoms with Crippen LogP contribution in [0.1, 0.15) is 100 Å². The van der Waals surface area contributed by atoms with Crippen molar-refractivity contribution in [3.05, 3.63) is 130 Å². The van der Waals surface area contributed by atoms with Gasteiger partial charge >= 0.3 is 0 Å². The lowest BCUT2D eigenvalue weighted by atomic mass is 9.76. The van der Waals surface area contributed by atoms with Gasteiger partial charge in [0.25, 0.3) is 11.8 Å². The molecule has 0 saturated heterocycles. The molecule has 13 nitrogen and oxygen atoms in total. The molecule has 11 rings (SSSR count). The molecule has 2 unspecified atom stereocenters. The van der Waals surface area contributed by atoms with E-state index in [1.165, 1.54) is 11.8 Å². The molecule has 5 aromatic carbocycles. The average Bonchev–Trinajstić information content (AvgIpc) is 3.99. The fourth-order valence-corrected chi connectivity index (χ4v) is 12.7. The van der Waals surface area contributed by atoms with Crippen LogP contribution >= 0.6 is 11.8 Å². The number of Topliss-reactive ketones (excluding diaryl/α,β-unsaturated/α-hetero) is 3. The Morgan fingerprint density at radius 1 is 0.685 bits per heavy atom. The van der Waals surface area contributed by atoms with Gasteiger partial charge in [-0.2, -0.15) is 11.8 Å². The monoisotopic (exact) mass is 998 g/mol. The summed E-state index contributed by atoms with van der Waals surface area (Å²) < 4.78 is 25.2. The second-order valence-electron chi connectivity index (χ2n) is 20.2. The molecule has 4 heterocycles. The van der Waals surface area contributed by atoms with Gasteiger partial charge < -0.3 is 18.9 Å². The fraction of sp³-hybridized carbons (Fsp3) is 0.373. The summed E-state index contributed by atoms with van der Waals surface area (Å²) in [6, 6.07) is 28.5. The Morgan fingerprint density at radius 2 is 1.27 bits per heavy atom. The molecule has 4 aliphatic heterocycles. The lowest BCUT2D eigenvalue weighted by Gasteiger charge is -2.28. The van der Waals surface area contributed by atoms with Crippen molar-refractivity contribution in [2.45, 2.75) is 102 Å². The average molecular weight is 999 g/mol. The number of fused-ring (bicyclic) bond motifs is 8. The van der Waals surface area contributed by atoms with Crippen LogP contribution in [0.4, 0.5) is 22.7 Å². The number of ether oxygens (including phenoxy) is 4. The number of thioether (sulfide) groups is 1. The molecule has 0 aromatic heterocycles. The Balaban J connectivity index is 0.781. The number of amides is 2. The first-order valence-corrected chi connectivity index (χ1v) is 26.5. The van der Waals surface area contributed by atoms with E-state index in [0.717, 1.165) is 64.9 Å². The number of benzene rings is 5. The highest BCUT2D eigenvalue weighted by Gasteiger charge is 2.43. The number of hydrogen-bond donors (Lipinski definition) is 0. The highest BCUT2D eigenvalue weighted by molar-refractivity contribution is 8.00. The Hall–Kier alpha value is -7.06. The van der Waals surface area contributed by atoms with Crippen LogP contribution in [0.5, 0.6) is 23.0 Å². The number of hydrogen-bond acceptors (Lipinski definition) is 12. The standard InChI is InChI=1S/C59H58N4O9S/c1-34-19-45-48(60-30-42-24-40-9-4-6-11-50(40)62(42)58(45)67)27-53(34)71-32-37-20-38(33-72-55-28-49-46(26-54(55)69-3)59(68)63-43(31-61-49)25-41-10-5-7-12-51(41)63)22-44(21-37)70-17-8-18-73-56-29-52(65)47(57(56)66)23-36-13-15-39(16-14-36)35(2)64/h4-7,9-12,19-22,26-28,30-31,36,39,42-43,47,56H,8,13-18,23-25,29,32-33H2,1-3H3/t36?,39?,42-,43-,47?,56?/m0/s1. The predicted octanol–water partition coefficient (Wildman–Crippen LogP) is 10.6. The number of aryl methyl sites for hydroxylation is 1. The maximum atomic E-state index is 14.1. The highest BCUT2D eigenvalue weighted by Crippen LogP contribution is 2.43. The molecule has 2 fully saturated rings. The van der Waals surface area contributed by atoms with Gasteiger partial charge in [0.2, 0.25) is 0 Å². The topological polar surface area (TPSA) is 153 Å². The first-order chi connectivity index (χ1) is 35.5. The molecule has 73 heavy (non-hydrogen) atoms. The van der Waals surface area contributed by atoms with Gasteiger partial charge in [0, 0.05) is 61.1 Å². The minimum Gasteiger partial charge on any atom is -0.494 e. The largest absolute Gasteiger partial charge is 0.494 e. The van der Waals surface area contributed by atoms with Gasteiger partial charge in [0.1, 0.15) is 36.3 Å². The van der Waals surface area contributed by atoms with Crippen LogP contribution in [0.2, 0.25) is 0 Å². The van der Waals surface area contributed by atoms with Crippen LogP contribution < -0.4 is 28.7 Å². The third-order valence-electron chi connectivity index (χ3n) is 15.4. The molecule has 5 aromatic rings. The lowest BCUT2D eigenvalue weighted by Crippen LogP contribution is -2.37. The van der Waals surface area contributed by atoms with Crippen LogP contribution in [0.3, 0.4) is 0 Å². The van der Waals surface area contributed by atoms with Gasteiger partial charge in [-0.05, 0) is 134 Å². The van der Waals surface area contributed by atoms with Gasteiger partial charge in [-0.15, -0.1) is 0 Å². The zero-order valence-corrected chi connectivity index (χ0v) is 42.2. The summed E-state index contributed by atoms with van der Waals surface area (Å²) in [5.41, 5.74) is 8.44. The van der Waals surface area contributed by atoms with Crippen LogP contribution in [0.15, 0.2) is 101 Å². The Labute approximate surface area is 429 Å². The molecule has 0 N–H and O–H groups in total. The number of nitrogens with zero attached hydrogens (tertiary/aromatic N) is 4. The summed E-state index contributed by atoms with van der Waals surface area (Å²) in [6.07, 6.45) is 10.1. The summed E-state index contributed by atoms with van der Waals surface area (Å²) in [7, 11) is 1.55. The van der Waals surface area contributed by atoms with Crippen molar-refractivity contribution >= 4 is 76.1 Å². The second-order valence-corrected chi connectivity index (χ2v) is 21.5. The summed E-state index contributed by atoms with van der Waals surface area (Å²) in [6.45, 7) is 4.26. The molecule has 4 atom stereocenters. The van der Waals surface area contributed by atoms with Gasteiger partial charge in [-0.25, -0.2) is 0 Å². The molecule has 2 saturated carbocycles. The predicted molar refractivity (Wildman–Crippen MR) is 282 cm³/mol. The molecular formula is C59H58N4O9S. The van der Waals surface area contributed by atoms with Gasteiger partial charge in [0.15, 0.2) is 17.3 Å². The van der Waals surface area contributed by atoms with E-state index in [-0.39, 0.29) is 72.1 Å². The lowest BCUT2D eigenvalue weighted by molar-refractivity contribution is -0.128. The summed E-state index contributed by atoms with van der Waals surface area (Å²) >= 11 is 1.54. The van der Waals surface area contributed by atoms with Gasteiger partial charge in [0.05, 0.1) is 59.5 Å². The molecule has 0 spiro atoms.